The predicted molar refractivity (Wildman–Crippen MR) is 461 cm³/mol. The molecule has 8 aromatic heterocycles. The highest BCUT2D eigenvalue weighted by Crippen LogP contribution is 2.41. The number of amides is 2. The second-order valence-electron chi connectivity index (χ2n) is 27.9. The van der Waals surface area contributed by atoms with Gasteiger partial charge in [-0.1, -0.05) is 144 Å². The number of aliphatic imine (C=N–C) groups is 2. The summed E-state index contributed by atoms with van der Waals surface area (Å²) in [7, 11) is 1.58. The van der Waals surface area contributed by atoms with Crippen LogP contribution in [0.3, 0.4) is 0 Å². The van der Waals surface area contributed by atoms with E-state index in [0.29, 0.717) is 22.8 Å². The number of nitrogen functional groups attached to an aromatic ring is 4. The molecule has 0 aliphatic carbocycles. The Kier molecular flexibility index (Phi) is 21.7. The molecular formula is C92H79N21O2. The largest absolute Gasteiger partial charge is 0.392 e. The summed E-state index contributed by atoms with van der Waals surface area (Å²) in [6, 6.07) is 63.9. The van der Waals surface area contributed by atoms with E-state index in [4.69, 9.17) is 40.2 Å². The zero-order valence-corrected chi connectivity index (χ0v) is 64.9. The Morgan fingerprint density at radius 3 is 0.991 bits per heavy atom. The van der Waals surface area contributed by atoms with Crippen molar-refractivity contribution in [1.82, 2.24) is 65.1 Å². The first-order chi connectivity index (χ1) is 55.5. The highest BCUT2D eigenvalue weighted by molar-refractivity contribution is 6.40. The molecule has 1 unspecified atom stereocenters. The van der Waals surface area contributed by atoms with E-state index in [-0.39, 0.29) is 35.1 Å². The number of carbonyl (C=O) groups excluding carboxylic acids is 2. The first kappa shape index (κ1) is 76.5. The van der Waals surface area contributed by atoms with E-state index in [1.54, 1.807) is 50.7 Å². The van der Waals surface area contributed by atoms with Crippen LogP contribution >= 0.6 is 0 Å². The molecule has 0 radical (unpaired) electrons. The van der Waals surface area contributed by atoms with E-state index < -0.39 is 5.91 Å². The molecule has 0 spiro atoms. The molecule has 8 aromatic carbocycles. The van der Waals surface area contributed by atoms with Crippen molar-refractivity contribution < 1.29 is 9.59 Å². The third-order valence-corrected chi connectivity index (χ3v) is 19.9. The van der Waals surface area contributed by atoms with Crippen molar-refractivity contribution in [3.8, 4) is 89.5 Å². The molecule has 9 heterocycles. The summed E-state index contributed by atoms with van der Waals surface area (Å²) in [6.07, 6.45) is 7.93. The minimum absolute atomic E-state index is 0.102. The average molecular weight is 1510 g/mol. The van der Waals surface area contributed by atoms with Gasteiger partial charge in [0, 0.05) is 102 Å². The van der Waals surface area contributed by atoms with Crippen LogP contribution in [0.15, 0.2) is 229 Å². The number of nitrogens with two attached hydrogens (primary N) is 5. The molecule has 1 aliphatic heterocycles. The van der Waals surface area contributed by atoms with E-state index in [9.17, 15) is 9.59 Å². The maximum Gasteiger partial charge on any atom is 0.254 e. The monoisotopic (exact) mass is 1510 g/mol. The zero-order chi connectivity index (χ0) is 80.9. The van der Waals surface area contributed by atoms with Gasteiger partial charge in [-0.2, -0.15) is 0 Å². The number of nitrogens with zero attached hydrogens (tertiary/aromatic N) is 15. The highest BCUT2D eigenvalue weighted by atomic mass is 16.2. The standard InChI is InChI=1S/C25H22N6.C23H21N5O.C22H19N5O.C22H17N5/c1-14-4-6-17(7-5-14)24-20(11-21(25(26)31-24)23-12-27-16(3)30-23)18-8-9-22-19(10-18)15(2)28-13-29-22;1-13-4-6-15(7-5-13)21-18(11-19(22(24)28-21)23(29)25-3)16-8-9-20-17(10-16)14(2)26-12-27-20;1-12-3-5-14(6-4-12)20-17(10-18(22(24)28)21(23)27-20)15-7-8-19-16(9-15)13(2)25-11-26-19;1-13-4-6-15(7-5-13)21-18(11-20(24-3)22(23)27-21)16-8-9-19-17(10-16)14(2)25-12-26-19/h4-13,16H,1-3H3,(H2,26,31);4-12H,1-3H3,(H2,24,28)(H,25,29);3-11H,1-2H3,(H2,23,27)(H2,24,28);4-12H,1-2H3,(H2,23,27). The Morgan fingerprint density at radius 1 is 0.365 bits per heavy atom. The number of aryl methyl sites for hydroxylation is 8. The van der Waals surface area contributed by atoms with Gasteiger partial charge >= 0.3 is 0 Å². The molecule has 17 rings (SSSR count). The first-order valence-corrected chi connectivity index (χ1v) is 36.9. The van der Waals surface area contributed by atoms with Crippen LogP contribution in [0.1, 0.15) is 78.2 Å². The number of anilines is 4. The van der Waals surface area contributed by atoms with Crippen molar-refractivity contribution in [2.24, 2.45) is 15.7 Å². The summed E-state index contributed by atoms with van der Waals surface area (Å²) in [5.74, 6) is 0.119. The minimum Gasteiger partial charge on any atom is -0.392 e. The summed E-state index contributed by atoms with van der Waals surface area (Å²) < 4.78 is 0. The van der Waals surface area contributed by atoms with Crippen molar-refractivity contribution in [3.05, 3.63) is 293 Å². The molecule has 2 amide bonds. The normalized spacial score (nSPS) is 12.1. The third-order valence-electron chi connectivity index (χ3n) is 19.9. The molecule has 564 valence electrons. The lowest BCUT2D eigenvalue weighted by molar-refractivity contribution is 0.0962. The number of hydrogen-bond donors (Lipinski definition) is 6. The second kappa shape index (κ2) is 32.7. The summed E-state index contributed by atoms with van der Waals surface area (Å²) in [5.41, 5.74) is 58.4. The van der Waals surface area contributed by atoms with E-state index in [2.05, 4.69) is 124 Å². The van der Waals surface area contributed by atoms with Crippen LogP contribution in [-0.4, -0.2) is 96.8 Å². The number of aromatic nitrogens is 12. The fourth-order valence-corrected chi connectivity index (χ4v) is 13.5. The molecule has 11 N–H and O–H groups in total. The van der Waals surface area contributed by atoms with Crippen molar-refractivity contribution in [1.29, 1.82) is 0 Å². The van der Waals surface area contributed by atoms with Gasteiger partial charge in [0.15, 0.2) is 0 Å². The van der Waals surface area contributed by atoms with Gasteiger partial charge in [-0.05, 0) is 163 Å². The smallest absolute Gasteiger partial charge is 0.254 e. The molecule has 16 aromatic rings. The zero-order valence-electron chi connectivity index (χ0n) is 64.9. The summed E-state index contributed by atoms with van der Waals surface area (Å²) in [5, 5.41) is 6.51. The Labute approximate surface area is 663 Å². The van der Waals surface area contributed by atoms with E-state index in [0.717, 1.165) is 173 Å². The Hall–Kier alpha value is -15.3. The van der Waals surface area contributed by atoms with Gasteiger partial charge in [-0.3, -0.25) is 19.6 Å². The van der Waals surface area contributed by atoms with E-state index in [1.807, 2.05) is 195 Å². The maximum absolute atomic E-state index is 12.3. The fraction of sp³-hybridized carbons (Fsp3) is 0.120. The number of fused-ring (bicyclic) bond motifs is 4. The number of pyridine rings is 4. The van der Waals surface area contributed by atoms with E-state index in [1.165, 1.54) is 11.1 Å². The number of hydrogen-bond acceptors (Lipinski definition) is 20. The molecule has 0 bridgehead atoms. The Balaban J connectivity index is 0.000000127. The number of primary amides is 1. The summed E-state index contributed by atoms with van der Waals surface area (Å²) in [6.45, 7) is 25.3. The van der Waals surface area contributed by atoms with Crippen LogP contribution < -0.4 is 34.0 Å². The molecule has 1 atom stereocenters. The molecule has 1 aliphatic rings. The topological polar surface area (TPSA) is 360 Å². The molecule has 0 fully saturated rings. The number of nitrogens with one attached hydrogen (secondary N) is 1. The van der Waals surface area contributed by atoms with Gasteiger partial charge in [0.1, 0.15) is 54.7 Å². The third kappa shape index (κ3) is 16.3. The van der Waals surface area contributed by atoms with Crippen LogP contribution in [0.25, 0.3) is 138 Å². The van der Waals surface area contributed by atoms with Crippen LogP contribution in [0.5, 0.6) is 0 Å². The first-order valence-electron chi connectivity index (χ1n) is 36.9. The van der Waals surface area contributed by atoms with Crippen LogP contribution in [0.2, 0.25) is 0 Å². The average Bonchev–Trinajstić information content (AvgIpc) is 1.15. The molecule has 23 nitrogen and oxygen atoms in total. The van der Waals surface area contributed by atoms with Crippen molar-refractivity contribution in [2.45, 2.75) is 68.5 Å². The van der Waals surface area contributed by atoms with Gasteiger partial charge in [-0.15, -0.1) is 0 Å². The van der Waals surface area contributed by atoms with Crippen molar-refractivity contribution in [3.63, 3.8) is 0 Å². The number of benzene rings is 8. The molecule has 0 saturated heterocycles. The van der Waals surface area contributed by atoms with Crippen LogP contribution in [0, 0.1) is 62.0 Å². The van der Waals surface area contributed by atoms with Crippen molar-refractivity contribution >= 4 is 96.3 Å². The fourth-order valence-electron chi connectivity index (χ4n) is 13.5. The lowest BCUT2D eigenvalue weighted by atomic mass is 9.95. The molecular weight excluding hydrogens is 1430 g/mol. The molecule has 0 saturated carbocycles. The SMILES string of the molecule is CNC(=O)c1cc(-c2ccc3ncnc(C)c3c2)c(-c2ccc(C)cc2)nc1N.Cc1ccc(-c2nc(N)c(C(N)=O)cc2-c2ccc3ncnc(C)c3c2)cc1.Cc1ccc(-c2nc(N)c(C3=NC(C)N=C3)cc2-c2ccc3ncnc(C)c3c2)cc1.[C-]#[N+]c1cc(-c2ccc3ncnc(C)c3c2)c(-c2ccc(C)cc2)nc1N. The highest BCUT2D eigenvalue weighted by Gasteiger charge is 2.24. The second-order valence-corrected chi connectivity index (χ2v) is 27.9. The molecule has 115 heavy (non-hydrogen) atoms. The lowest BCUT2D eigenvalue weighted by Crippen LogP contribution is -2.20. The van der Waals surface area contributed by atoms with Crippen LogP contribution in [0.4, 0.5) is 29.0 Å². The predicted octanol–water partition coefficient (Wildman–Crippen LogP) is 17.5. The van der Waals surface area contributed by atoms with E-state index >= 15 is 0 Å². The quantitative estimate of drug-likeness (QED) is 0.0655. The van der Waals surface area contributed by atoms with Gasteiger partial charge in [0.25, 0.3) is 11.8 Å². The van der Waals surface area contributed by atoms with Crippen molar-refractivity contribution in [2.75, 3.05) is 30.0 Å². The number of carbonyl (C=O) groups is 2. The molecule has 23 heteroatoms. The minimum atomic E-state index is -0.609. The Bertz CT molecular complexity index is 6620. The Morgan fingerprint density at radius 2 is 0.670 bits per heavy atom. The van der Waals surface area contributed by atoms with Gasteiger partial charge in [-0.25, -0.2) is 64.7 Å². The van der Waals surface area contributed by atoms with Gasteiger partial charge < -0.3 is 34.0 Å². The summed E-state index contributed by atoms with van der Waals surface area (Å²) in [4.78, 5) is 89.7. The summed E-state index contributed by atoms with van der Waals surface area (Å²) >= 11 is 0. The van der Waals surface area contributed by atoms with Gasteiger partial charge in [0.2, 0.25) is 5.69 Å². The van der Waals surface area contributed by atoms with Gasteiger partial charge in [0.05, 0.1) is 68.3 Å². The maximum atomic E-state index is 12.3. The number of rotatable bonds is 11. The van der Waals surface area contributed by atoms with Crippen LogP contribution in [-0.2, 0) is 0 Å². The lowest BCUT2D eigenvalue weighted by Gasteiger charge is -2.15.